The van der Waals surface area contributed by atoms with Gasteiger partial charge in [0.1, 0.15) is 0 Å². The average molecular weight is 318 g/mol. The molecule has 1 atom stereocenters. The number of carbonyl (C=O) groups excluding carboxylic acids is 1. The van der Waals surface area contributed by atoms with E-state index in [2.05, 4.69) is 10.3 Å². The van der Waals surface area contributed by atoms with Gasteiger partial charge in [-0.25, -0.2) is 8.42 Å². The molecule has 0 spiro atoms. The summed E-state index contributed by atoms with van der Waals surface area (Å²) in [5, 5.41) is 2.86. The van der Waals surface area contributed by atoms with E-state index >= 15 is 0 Å². The molecule has 6 heteroatoms. The molecule has 0 aliphatic heterocycles. The lowest BCUT2D eigenvalue weighted by Crippen LogP contribution is -2.27. The molecule has 0 saturated heterocycles. The summed E-state index contributed by atoms with van der Waals surface area (Å²) in [5.74, 6) is -0.247. The number of benzene rings is 1. The van der Waals surface area contributed by atoms with Gasteiger partial charge in [-0.05, 0) is 36.8 Å². The van der Waals surface area contributed by atoms with Gasteiger partial charge in [-0.15, -0.1) is 0 Å². The molecule has 1 aromatic heterocycles. The molecule has 0 bridgehead atoms. The van der Waals surface area contributed by atoms with Crippen molar-refractivity contribution >= 4 is 15.7 Å². The van der Waals surface area contributed by atoms with Crippen molar-refractivity contribution < 1.29 is 13.2 Å². The second kappa shape index (κ2) is 6.70. The second-order valence-electron chi connectivity index (χ2n) is 5.22. The summed E-state index contributed by atoms with van der Waals surface area (Å²) in [5.41, 5.74) is 1.93. The van der Waals surface area contributed by atoms with Crippen molar-refractivity contribution in [1.29, 1.82) is 0 Å². The van der Waals surface area contributed by atoms with Crippen molar-refractivity contribution in [2.45, 2.75) is 18.7 Å². The molecule has 1 N–H and O–H groups in total. The molecule has 0 radical (unpaired) electrons. The monoisotopic (exact) mass is 318 g/mol. The number of carbonyl (C=O) groups is 1. The van der Waals surface area contributed by atoms with Crippen molar-refractivity contribution in [2.24, 2.45) is 0 Å². The zero-order valence-corrected chi connectivity index (χ0v) is 13.3. The van der Waals surface area contributed by atoms with E-state index in [-0.39, 0.29) is 17.7 Å². The third-order valence-corrected chi connectivity index (χ3v) is 3.98. The van der Waals surface area contributed by atoms with Gasteiger partial charge in [-0.2, -0.15) is 0 Å². The third-order valence-electron chi connectivity index (χ3n) is 3.12. The summed E-state index contributed by atoms with van der Waals surface area (Å²) < 4.78 is 22.5. The molecule has 1 aromatic carbocycles. The Morgan fingerprint density at radius 2 is 1.86 bits per heavy atom. The molecule has 0 unspecified atom stereocenters. The van der Waals surface area contributed by atoms with Gasteiger partial charge in [0.05, 0.1) is 17.5 Å². The number of rotatable bonds is 5. The van der Waals surface area contributed by atoms with Crippen LogP contribution in [-0.2, 0) is 15.6 Å². The SMILES string of the molecule is C[C@@H](NC(=O)c1ccc(CS(C)(=O)=O)cc1)c1ccccn1. The smallest absolute Gasteiger partial charge is 0.251 e. The summed E-state index contributed by atoms with van der Waals surface area (Å²) in [6.07, 6.45) is 2.86. The number of hydrogen-bond donors (Lipinski definition) is 1. The first-order chi connectivity index (χ1) is 10.3. The van der Waals surface area contributed by atoms with Crippen LogP contribution in [0.4, 0.5) is 0 Å². The largest absolute Gasteiger partial charge is 0.344 e. The Balaban J connectivity index is 2.04. The molecule has 5 nitrogen and oxygen atoms in total. The minimum Gasteiger partial charge on any atom is -0.344 e. The minimum absolute atomic E-state index is 0.0285. The van der Waals surface area contributed by atoms with Crippen LogP contribution in [0.3, 0.4) is 0 Å². The first kappa shape index (κ1) is 16.2. The molecule has 0 saturated carbocycles. The summed E-state index contributed by atoms with van der Waals surface area (Å²) in [6.45, 7) is 1.86. The first-order valence-corrected chi connectivity index (χ1v) is 8.89. The van der Waals surface area contributed by atoms with E-state index < -0.39 is 9.84 Å². The molecule has 22 heavy (non-hydrogen) atoms. The zero-order chi connectivity index (χ0) is 16.2. The van der Waals surface area contributed by atoms with E-state index in [0.29, 0.717) is 11.1 Å². The van der Waals surface area contributed by atoms with Gasteiger partial charge in [0, 0.05) is 18.0 Å². The fourth-order valence-electron chi connectivity index (χ4n) is 2.04. The van der Waals surface area contributed by atoms with Crippen LogP contribution in [0.2, 0.25) is 0 Å². The third kappa shape index (κ3) is 4.66. The Morgan fingerprint density at radius 3 is 2.41 bits per heavy atom. The van der Waals surface area contributed by atoms with Crippen molar-refractivity contribution in [3.8, 4) is 0 Å². The normalized spacial score (nSPS) is 12.6. The van der Waals surface area contributed by atoms with Crippen molar-refractivity contribution in [3.05, 3.63) is 65.5 Å². The highest BCUT2D eigenvalue weighted by Crippen LogP contribution is 2.11. The van der Waals surface area contributed by atoms with Crippen LogP contribution < -0.4 is 5.32 Å². The van der Waals surface area contributed by atoms with E-state index in [1.165, 1.54) is 6.26 Å². The lowest BCUT2D eigenvalue weighted by atomic mass is 10.1. The maximum atomic E-state index is 12.2. The van der Waals surface area contributed by atoms with Crippen molar-refractivity contribution in [3.63, 3.8) is 0 Å². The van der Waals surface area contributed by atoms with Gasteiger partial charge < -0.3 is 5.32 Å². The number of amides is 1. The average Bonchev–Trinajstić information content (AvgIpc) is 2.47. The van der Waals surface area contributed by atoms with Gasteiger partial charge in [-0.1, -0.05) is 18.2 Å². The van der Waals surface area contributed by atoms with Crippen LogP contribution in [0.5, 0.6) is 0 Å². The van der Waals surface area contributed by atoms with Gasteiger partial charge in [0.15, 0.2) is 9.84 Å². The standard InChI is InChI=1S/C16H18N2O3S/c1-12(15-5-3-4-10-17-15)18-16(19)14-8-6-13(7-9-14)11-22(2,20)21/h3-10,12H,11H2,1-2H3,(H,18,19)/t12-/m1/s1. The molecule has 0 aliphatic rings. The fraction of sp³-hybridized carbons (Fsp3) is 0.250. The predicted octanol–water partition coefficient (Wildman–Crippen LogP) is 2.12. The van der Waals surface area contributed by atoms with E-state index in [0.717, 1.165) is 5.69 Å². The van der Waals surface area contributed by atoms with E-state index in [1.54, 1.807) is 30.5 Å². The van der Waals surface area contributed by atoms with Crippen LogP contribution in [0, 0.1) is 0 Å². The maximum Gasteiger partial charge on any atom is 0.251 e. The molecular weight excluding hydrogens is 300 g/mol. The van der Waals surface area contributed by atoms with E-state index in [1.807, 2.05) is 25.1 Å². The molecule has 1 amide bonds. The summed E-state index contributed by atoms with van der Waals surface area (Å²) >= 11 is 0. The number of pyridine rings is 1. The second-order valence-corrected chi connectivity index (χ2v) is 7.36. The number of nitrogens with one attached hydrogen (secondary N) is 1. The summed E-state index contributed by atoms with van der Waals surface area (Å²) in [4.78, 5) is 16.4. The highest BCUT2D eigenvalue weighted by Gasteiger charge is 2.12. The number of aromatic nitrogens is 1. The Labute approximate surface area is 130 Å². The Kier molecular flexibility index (Phi) is 4.92. The number of hydrogen-bond acceptors (Lipinski definition) is 4. The number of nitrogens with zero attached hydrogens (tertiary/aromatic N) is 1. The Hall–Kier alpha value is -2.21. The van der Waals surface area contributed by atoms with E-state index in [9.17, 15) is 13.2 Å². The molecular formula is C16H18N2O3S. The van der Waals surface area contributed by atoms with Crippen molar-refractivity contribution in [2.75, 3.05) is 6.26 Å². The van der Waals surface area contributed by atoms with Crippen LogP contribution in [-0.4, -0.2) is 25.6 Å². The number of sulfone groups is 1. The van der Waals surface area contributed by atoms with Gasteiger partial charge in [0.25, 0.3) is 5.91 Å². The maximum absolute atomic E-state index is 12.2. The van der Waals surface area contributed by atoms with Crippen LogP contribution in [0.1, 0.15) is 34.6 Å². The summed E-state index contributed by atoms with van der Waals surface area (Å²) in [7, 11) is -3.07. The lowest BCUT2D eigenvalue weighted by Gasteiger charge is -2.13. The highest BCUT2D eigenvalue weighted by molar-refractivity contribution is 7.89. The quantitative estimate of drug-likeness (QED) is 0.916. The summed E-state index contributed by atoms with van der Waals surface area (Å²) in [6, 6.07) is 11.9. The zero-order valence-electron chi connectivity index (χ0n) is 12.5. The molecule has 2 aromatic rings. The van der Waals surface area contributed by atoms with Gasteiger partial charge >= 0.3 is 0 Å². The molecule has 0 aliphatic carbocycles. The topological polar surface area (TPSA) is 76.1 Å². The van der Waals surface area contributed by atoms with Gasteiger partial charge in [0.2, 0.25) is 0 Å². The minimum atomic E-state index is -3.07. The molecule has 116 valence electrons. The fourth-order valence-corrected chi connectivity index (χ4v) is 2.84. The molecule has 0 fully saturated rings. The Morgan fingerprint density at radius 1 is 1.18 bits per heavy atom. The van der Waals surface area contributed by atoms with Crippen LogP contribution in [0.25, 0.3) is 0 Å². The van der Waals surface area contributed by atoms with Gasteiger partial charge in [-0.3, -0.25) is 9.78 Å². The lowest BCUT2D eigenvalue weighted by molar-refractivity contribution is 0.0939. The van der Waals surface area contributed by atoms with Crippen molar-refractivity contribution in [1.82, 2.24) is 10.3 Å². The van der Waals surface area contributed by atoms with Crippen LogP contribution in [0.15, 0.2) is 48.7 Å². The molecule has 1 heterocycles. The first-order valence-electron chi connectivity index (χ1n) is 6.83. The predicted molar refractivity (Wildman–Crippen MR) is 85.1 cm³/mol. The van der Waals surface area contributed by atoms with E-state index in [4.69, 9.17) is 0 Å². The van der Waals surface area contributed by atoms with Crippen LogP contribution >= 0.6 is 0 Å². The molecule has 2 rings (SSSR count). The Bertz CT molecular complexity index is 741. The highest BCUT2D eigenvalue weighted by atomic mass is 32.2.